The maximum atomic E-state index is 5.55. The standard InChI is InChI=1S/C22H46N6O/c1-6-23-22(24-16-20(4)18-27-9-7-26(5)8-10-27)25-17-21(15-19(2)3)28-11-13-29-14-12-28/h19-21H,6-18H2,1-5H3,(H2,23,24,25). The van der Waals surface area contributed by atoms with Gasteiger partial charge in [0.2, 0.25) is 0 Å². The van der Waals surface area contributed by atoms with Gasteiger partial charge in [0.1, 0.15) is 0 Å². The van der Waals surface area contributed by atoms with E-state index >= 15 is 0 Å². The predicted molar refractivity (Wildman–Crippen MR) is 123 cm³/mol. The maximum absolute atomic E-state index is 5.55. The summed E-state index contributed by atoms with van der Waals surface area (Å²) < 4.78 is 5.55. The fourth-order valence-electron chi connectivity index (χ4n) is 4.18. The van der Waals surface area contributed by atoms with Gasteiger partial charge in [-0.25, -0.2) is 0 Å². The molecule has 2 aliphatic heterocycles. The first-order valence-corrected chi connectivity index (χ1v) is 11.7. The lowest BCUT2D eigenvalue weighted by Gasteiger charge is -2.36. The van der Waals surface area contributed by atoms with E-state index in [1.807, 2.05) is 0 Å². The minimum absolute atomic E-state index is 0.533. The van der Waals surface area contributed by atoms with Gasteiger partial charge in [0.05, 0.1) is 13.2 Å². The van der Waals surface area contributed by atoms with Gasteiger partial charge in [-0.3, -0.25) is 9.89 Å². The Morgan fingerprint density at radius 3 is 2.31 bits per heavy atom. The fraction of sp³-hybridized carbons (Fsp3) is 0.955. The number of guanidine groups is 1. The third-order valence-electron chi connectivity index (χ3n) is 5.88. The Morgan fingerprint density at radius 1 is 1.00 bits per heavy atom. The van der Waals surface area contributed by atoms with Crippen molar-refractivity contribution in [2.24, 2.45) is 16.8 Å². The van der Waals surface area contributed by atoms with Crippen LogP contribution in [0.4, 0.5) is 0 Å². The Morgan fingerprint density at radius 2 is 1.69 bits per heavy atom. The molecule has 0 spiro atoms. The lowest BCUT2D eigenvalue weighted by Crippen LogP contribution is -2.51. The van der Waals surface area contributed by atoms with Crippen LogP contribution >= 0.6 is 0 Å². The van der Waals surface area contributed by atoms with E-state index in [-0.39, 0.29) is 0 Å². The molecule has 7 heteroatoms. The van der Waals surface area contributed by atoms with Crippen molar-refractivity contribution < 1.29 is 4.74 Å². The van der Waals surface area contributed by atoms with Crippen molar-refractivity contribution in [1.29, 1.82) is 0 Å². The molecule has 0 aliphatic carbocycles. The van der Waals surface area contributed by atoms with Crippen LogP contribution in [-0.4, -0.2) is 112 Å². The van der Waals surface area contributed by atoms with Crippen LogP contribution in [0.25, 0.3) is 0 Å². The van der Waals surface area contributed by atoms with Gasteiger partial charge in [0.15, 0.2) is 5.96 Å². The zero-order valence-electron chi connectivity index (χ0n) is 19.6. The molecule has 2 saturated heterocycles. The second-order valence-electron chi connectivity index (χ2n) is 9.24. The average Bonchev–Trinajstić information content (AvgIpc) is 2.71. The van der Waals surface area contributed by atoms with Crippen LogP contribution in [0.15, 0.2) is 4.99 Å². The van der Waals surface area contributed by atoms with Crippen LogP contribution in [0, 0.1) is 11.8 Å². The topological polar surface area (TPSA) is 55.4 Å². The minimum atomic E-state index is 0.533. The summed E-state index contributed by atoms with van der Waals surface area (Å²) >= 11 is 0. The molecule has 2 aliphatic rings. The first kappa shape index (κ1) is 24.4. The summed E-state index contributed by atoms with van der Waals surface area (Å²) in [5.74, 6) is 2.21. The maximum Gasteiger partial charge on any atom is 0.191 e. The Bertz CT molecular complexity index is 458. The molecule has 2 N–H and O–H groups in total. The Labute approximate surface area is 179 Å². The van der Waals surface area contributed by atoms with Crippen LogP contribution in [0.5, 0.6) is 0 Å². The lowest BCUT2D eigenvalue weighted by molar-refractivity contribution is 0.0132. The molecule has 29 heavy (non-hydrogen) atoms. The van der Waals surface area contributed by atoms with Crippen molar-refractivity contribution in [3.63, 3.8) is 0 Å². The highest BCUT2D eigenvalue weighted by molar-refractivity contribution is 5.79. The van der Waals surface area contributed by atoms with E-state index in [9.17, 15) is 0 Å². The molecule has 170 valence electrons. The van der Waals surface area contributed by atoms with Crippen LogP contribution < -0.4 is 10.6 Å². The molecule has 2 fully saturated rings. The molecule has 2 rings (SSSR count). The quantitative estimate of drug-likeness (QED) is 0.417. The summed E-state index contributed by atoms with van der Waals surface area (Å²) in [6, 6.07) is 0.533. The summed E-state index contributed by atoms with van der Waals surface area (Å²) in [4.78, 5) is 12.5. The average molecular weight is 411 g/mol. The summed E-state index contributed by atoms with van der Waals surface area (Å²) in [6.45, 7) is 21.4. The number of morpholine rings is 1. The molecule has 0 aromatic heterocycles. The number of hydrogen-bond acceptors (Lipinski definition) is 5. The van der Waals surface area contributed by atoms with E-state index in [0.717, 1.165) is 58.4 Å². The van der Waals surface area contributed by atoms with E-state index in [1.165, 1.54) is 32.6 Å². The molecule has 2 heterocycles. The third kappa shape index (κ3) is 9.64. The number of nitrogens with one attached hydrogen (secondary N) is 2. The highest BCUT2D eigenvalue weighted by atomic mass is 16.5. The first-order valence-electron chi connectivity index (χ1n) is 11.7. The van der Waals surface area contributed by atoms with E-state index in [2.05, 4.69) is 60.1 Å². The Hall–Kier alpha value is -0.890. The van der Waals surface area contributed by atoms with Gasteiger partial charge < -0.3 is 25.2 Å². The van der Waals surface area contributed by atoms with Gasteiger partial charge in [-0.05, 0) is 32.2 Å². The number of rotatable bonds is 10. The number of ether oxygens (including phenoxy) is 1. The monoisotopic (exact) mass is 410 g/mol. The van der Waals surface area contributed by atoms with Gasteiger partial charge in [-0.2, -0.15) is 0 Å². The van der Waals surface area contributed by atoms with Crippen LogP contribution in [-0.2, 0) is 4.74 Å². The van der Waals surface area contributed by atoms with Gasteiger partial charge in [-0.15, -0.1) is 0 Å². The molecule has 0 aromatic carbocycles. The normalized spacial score (nSPS) is 22.6. The smallest absolute Gasteiger partial charge is 0.191 e. The van der Waals surface area contributed by atoms with E-state index in [0.29, 0.717) is 17.9 Å². The van der Waals surface area contributed by atoms with Crippen LogP contribution in [0.2, 0.25) is 0 Å². The second-order valence-corrected chi connectivity index (χ2v) is 9.24. The molecular formula is C22H46N6O. The van der Waals surface area contributed by atoms with E-state index in [1.54, 1.807) is 0 Å². The largest absolute Gasteiger partial charge is 0.379 e. The second kappa shape index (κ2) is 13.4. The van der Waals surface area contributed by atoms with Gasteiger partial charge in [-0.1, -0.05) is 20.8 Å². The van der Waals surface area contributed by atoms with Crippen molar-refractivity contribution in [1.82, 2.24) is 25.3 Å². The number of hydrogen-bond donors (Lipinski definition) is 2. The van der Waals surface area contributed by atoms with Crippen molar-refractivity contribution in [3.8, 4) is 0 Å². The lowest BCUT2D eigenvalue weighted by atomic mass is 10.0. The highest BCUT2D eigenvalue weighted by Crippen LogP contribution is 2.13. The predicted octanol–water partition coefficient (Wildman–Crippen LogP) is 1.17. The molecule has 0 radical (unpaired) electrons. The molecule has 2 unspecified atom stereocenters. The minimum Gasteiger partial charge on any atom is -0.379 e. The molecule has 2 atom stereocenters. The molecule has 0 amide bonds. The molecule has 7 nitrogen and oxygen atoms in total. The van der Waals surface area contributed by atoms with Crippen LogP contribution in [0.1, 0.15) is 34.1 Å². The van der Waals surface area contributed by atoms with Crippen molar-refractivity contribution in [2.75, 3.05) is 85.7 Å². The fourth-order valence-corrected chi connectivity index (χ4v) is 4.18. The Kier molecular flexibility index (Phi) is 11.3. The van der Waals surface area contributed by atoms with Gasteiger partial charge in [0, 0.05) is 71.5 Å². The first-order chi connectivity index (χ1) is 14.0. The van der Waals surface area contributed by atoms with E-state index in [4.69, 9.17) is 9.73 Å². The summed E-state index contributed by atoms with van der Waals surface area (Å²) in [5, 5.41) is 7.06. The molecule has 0 aromatic rings. The number of likely N-dealkylation sites (N-methyl/N-ethyl adjacent to an activating group) is 1. The molecule has 0 saturated carbocycles. The zero-order valence-corrected chi connectivity index (χ0v) is 19.6. The Balaban J connectivity index is 1.82. The number of aliphatic imine (C=N–C) groups is 1. The number of nitrogens with zero attached hydrogens (tertiary/aromatic N) is 4. The number of piperazine rings is 1. The van der Waals surface area contributed by atoms with Crippen molar-refractivity contribution in [2.45, 2.75) is 40.2 Å². The highest BCUT2D eigenvalue weighted by Gasteiger charge is 2.22. The SMILES string of the molecule is CCNC(=NCC(C)CN1CCN(C)CC1)NCC(CC(C)C)N1CCOCC1. The molecular weight excluding hydrogens is 364 g/mol. The zero-order chi connectivity index (χ0) is 21.1. The van der Waals surface area contributed by atoms with Crippen molar-refractivity contribution >= 4 is 5.96 Å². The van der Waals surface area contributed by atoms with Crippen LogP contribution in [0.3, 0.4) is 0 Å². The van der Waals surface area contributed by atoms with Gasteiger partial charge in [0.25, 0.3) is 0 Å². The summed E-state index contributed by atoms with van der Waals surface area (Å²) in [6.07, 6.45) is 1.20. The van der Waals surface area contributed by atoms with Gasteiger partial charge >= 0.3 is 0 Å². The summed E-state index contributed by atoms with van der Waals surface area (Å²) in [5.41, 5.74) is 0. The van der Waals surface area contributed by atoms with Crippen molar-refractivity contribution in [3.05, 3.63) is 0 Å². The molecule has 0 bridgehead atoms. The third-order valence-corrected chi connectivity index (χ3v) is 5.88. The van der Waals surface area contributed by atoms with E-state index < -0.39 is 0 Å². The summed E-state index contributed by atoms with van der Waals surface area (Å²) in [7, 11) is 2.21.